The van der Waals surface area contributed by atoms with E-state index in [1.807, 2.05) is 0 Å². The summed E-state index contributed by atoms with van der Waals surface area (Å²) in [4.78, 5) is 3.63. The van der Waals surface area contributed by atoms with E-state index in [0.29, 0.717) is 5.52 Å². The van der Waals surface area contributed by atoms with Gasteiger partial charge in [0.1, 0.15) is 0 Å². The van der Waals surface area contributed by atoms with Gasteiger partial charge in [-0.25, -0.2) is 13.8 Å². The first kappa shape index (κ1) is 8.62. The van der Waals surface area contributed by atoms with Crippen molar-refractivity contribution in [3.63, 3.8) is 0 Å². The minimum absolute atomic E-state index is 0.220. The second-order valence-corrected chi connectivity index (χ2v) is 3.47. The van der Waals surface area contributed by atoms with Crippen LogP contribution in [0, 0.1) is 0 Å². The topological polar surface area (TPSA) is 17.3 Å². The van der Waals surface area contributed by atoms with Gasteiger partial charge in [0.15, 0.2) is 5.82 Å². The summed E-state index contributed by atoms with van der Waals surface area (Å²) in [6, 6.07) is 3.43. The summed E-state index contributed by atoms with van der Waals surface area (Å²) in [5.74, 6) is -0.220. The molecule has 5 heteroatoms. The van der Waals surface area contributed by atoms with E-state index in [9.17, 15) is 8.78 Å². The highest BCUT2D eigenvalue weighted by Crippen LogP contribution is 2.20. The lowest BCUT2D eigenvalue weighted by molar-refractivity contribution is 0.139. The predicted molar refractivity (Wildman–Crippen MR) is 47.8 cm³/mol. The number of pyridine rings is 1. The Morgan fingerprint density at radius 3 is 2.92 bits per heavy atom. The number of fused-ring (bicyclic) bond motifs is 1. The smallest absolute Gasteiger partial charge is 0.295 e. The molecule has 0 radical (unpaired) electrons. The first-order valence-electron chi connectivity index (χ1n) is 3.59. The fourth-order valence-corrected chi connectivity index (χ4v) is 1.51. The first-order valence-corrected chi connectivity index (χ1v) is 4.38. The number of hydrogen-bond acceptors (Lipinski definition) is 1. The van der Waals surface area contributed by atoms with Gasteiger partial charge in [-0.3, -0.25) is 4.40 Å². The molecule has 0 unspecified atom stereocenters. The molecule has 0 N–H and O–H groups in total. The van der Waals surface area contributed by atoms with Gasteiger partial charge >= 0.3 is 0 Å². The van der Waals surface area contributed by atoms with Gasteiger partial charge in [-0.05, 0) is 12.1 Å². The van der Waals surface area contributed by atoms with E-state index in [2.05, 4.69) is 20.9 Å². The molecule has 13 heavy (non-hydrogen) atoms. The predicted octanol–water partition coefficient (Wildman–Crippen LogP) is 3.03. The summed E-state index contributed by atoms with van der Waals surface area (Å²) < 4.78 is 26.9. The summed E-state index contributed by atoms with van der Waals surface area (Å²) >= 11 is 3.25. The van der Waals surface area contributed by atoms with Crippen LogP contribution in [0.4, 0.5) is 8.78 Å². The van der Waals surface area contributed by atoms with E-state index >= 15 is 0 Å². The molecule has 0 amide bonds. The molecule has 0 saturated carbocycles. The Labute approximate surface area is 81.3 Å². The molecule has 2 heterocycles. The molecule has 2 nitrogen and oxygen atoms in total. The van der Waals surface area contributed by atoms with Crippen molar-refractivity contribution >= 4 is 21.4 Å². The van der Waals surface area contributed by atoms with Gasteiger partial charge in [-0.15, -0.1) is 0 Å². The zero-order valence-corrected chi connectivity index (χ0v) is 8.00. The molecule has 0 bridgehead atoms. The zero-order chi connectivity index (χ0) is 9.42. The maximum Gasteiger partial charge on any atom is 0.295 e. The SMILES string of the molecule is FC(F)c1ncc2cc(Br)ccn12. The Hall–Kier alpha value is -0.970. The lowest BCUT2D eigenvalue weighted by Crippen LogP contribution is -1.93. The molecular weight excluding hydrogens is 242 g/mol. The van der Waals surface area contributed by atoms with Gasteiger partial charge < -0.3 is 0 Å². The molecule has 0 aliphatic rings. The maximum absolute atomic E-state index is 12.3. The fraction of sp³-hybridized carbons (Fsp3) is 0.125. The summed E-state index contributed by atoms with van der Waals surface area (Å²) in [5, 5.41) is 0. The van der Waals surface area contributed by atoms with Crippen molar-refractivity contribution in [1.82, 2.24) is 9.38 Å². The van der Waals surface area contributed by atoms with E-state index in [-0.39, 0.29) is 5.82 Å². The molecule has 0 aliphatic heterocycles. The number of hydrogen-bond donors (Lipinski definition) is 0. The van der Waals surface area contributed by atoms with Crippen LogP contribution < -0.4 is 0 Å². The number of imidazole rings is 1. The van der Waals surface area contributed by atoms with Crippen LogP contribution in [0.15, 0.2) is 29.0 Å². The van der Waals surface area contributed by atoms with Crippen LogP contribution in [-0.2, 0) is 0 Å². The molecule has 0 spiro atoms. The maximum atomic E-state index is 12.3. The molecule has 68 valence electrons. The Bertz CT molecular complexity index is 439. The monoisotopic (exact) mass is 246 g/mol. The van der Waals surface area contributed by atoms with Crippen LogP contribution in [0.1, 0.15) is 12.2 Å². The average Bonchev–Trinajstić information content (AvgIpc) is 2.46. The highest BCUT2D eigenvalue weighted by atomic mass is 79.9. The minimum Gasteiger partial charge on any atom is -0.299 e. The van der Waals surface area contributed by atoms with Gasteiger partial charge in [-0.1, -0.05) is 15.9 Å². The van der Waals surface area contributed by atoms with E-state index in [4.69, 9.17) is 0 Å². The number of rotatable bonds is 1. The highest BCUT2D eigenvalue weighted by molar-refractivity contribution is 9.10. The van der Waals surface area contributed by atoms with Gasteiger partial charge in [0.05, 0.1) is 11.7 Å². The normalized spacial score (nSPS) is 11.4. The minimum atomic E-state index is -2.54. The Morgan fingerprint density at radius 2 is 2.23 bits per heavy atom. The van der Waals surface area contributed by atoms with E-state index in [1.54, 1.807) is 18.3 Å². The molecule has 2 aromatic heterocycles. The van der Waals surface area contributed by atoms with Crippen LogP contribution >= 0.6 is 15.9 Å². The van der Waals surface area contributed by atoms with Crippen molar-refractivity contribution in [1.29, 1.82) is 0 Å². The van der Waals surface area contributed by atoms with Crippen molar-refractivity contribution in [2.75, 3.05) is 0 Å². The molecule has 0 aliphatic carbocycles. The third-order valence-electron chi connectivity index (χ3n) is 1.72. The first-order chi connectivity index (χ1) is 6.18. The van der Waals surface area contributed by atoms with E-state index in [1.165, 1.54) is 10.6 Å². The van der Waals surface area contributed by atoms with E-state index < -0.39 is 6.43 Å². The summed E-state index contributed by atoms with van der Waals surface area (Å²) in [7, 11) is 0. The molecule has 2 aromatic rings. The van der Waals surface area contributed by atoms with Crippen LogP contribution in [0.25, 0.3) is 5.52 Å². The Balaban J connectivity index is 2.69. The molecule has 0 atom stereocenters. The quantitative estimate of drug-likeness (QED) is 0.757. The molecule has 2 rings (SSSR count). The Kier molecular flexibility index (Phi) is 2.03. The lowest BCUT2D eigenvalue weighted by atomic mass is 10.4. The molecule has 0 saturated heterocycles. The number of halogens is 3. The summed E-state index contributed by atoms with van der Waals surface area (Å²) in [6.07, 6.45) is 0.448. The van der Waals surface area contributed by atoms with Crippen molar-refractivity contribution in [3.8, 4) is 0 Å². The lowest BCUT2D eigenvalue weighted by Gasteiger charge is -1.99. The number of aromatic nitrogens is 2. The number of alkyl halides is 2. The Morgan fingerprint density at radius 1 is 1.46 bits per heavy atom. The van der Waals surface area contributed by atoms with Crippen LogP contribution in [0.3, 0.4) is 0 Å². The van der Waals surface area contributed by atoms with Crippen LogP contribution in [-0.4, -0.2) is 9.38 Å². The van der Waals surface area contributed by atoms with Gasteiger partial charge in [-0.2, -0.15) is 0 Å². The van der Waals surface area contributed by atoms with Crippen molar-refractivity contribution in [3.05, 3.63) is 34.8 Å². The summed E-state index contributed by atoms with van der Waals surface area (Å²) in [5.41, 5.74) is 0.657. The van der Waals surface area contributed by atoms with Gasteiger partial charge in [0, 0.05) is 10.7 Å². The van der Waals surface area contributed by atoms with Crippen LogP contribution in [0.5, 0.6) is 0 Å². The van der Waals surface area contributed by atoms with Gasteiger partial charge in [0.25, 0.3) is 6.43 Å². The third kappa shape index (κ3) is 1.44. The van der Waals surface area contributed by atoms with Crippen molar-refractivity contribution in [2.24, 2.45) is 0 Å². The van der Waals surface area contributed by atoms with Crippen LogP contribution in [0.2, 0.25) is 0 Å². The highest BCUT2D eigenvalue weighted by Gasteiger charge is 2.13. The summed E-state index contributed by atoms with van der Waals surface area (Å²) in [6.45, 7) is 0. The van der Waals surface area contributed by atoms with Gasteiger partial charge in [0.2, 0.25) is 0 Å². The standard InChI is InChI=1S/C8H5BrF2N2/c9-5-1-2-13-6(3-5)4-12-8(13)7(10)11/h1-4,7H. The molecule has 0 fully saturated rings. The molecular formula is C8H5BrF2N2. The van der Waals surface area contributed by atoms with Crippen molar-refractivity contribution in [2.45, 2.75) is 6.43 Å². The second kappa shape index (κ2) is 3.06. The second-order valence-electron chi connectivity index (χ2n) is 2.56. The fourth-order valence-electron chi connectivity index (χ4n) is 1.15. The average molecular weight is 247 g/mol. The van der Waals surface area contributed by atoms with E-state index in [0.717, 1.165) is 4.47 Å². The molecule has 0 aromatic carbocycles. The largest absolute Gasteiger partial charge is 0.299 e. The third-order valence-corrected chi connectivity index (χ3v) is 2.21. The number of nitrogens with zero attached hydrogens (tertiary/aromatic N) is 2. The zero-order valence-electron chi connectivity index (χ0n) is 6.42. The van der Waals surface area contributed by atoms with Crippen molar-refractivity contribution < 1.29 is 8.78 Å².